The van der Waals surface area contributed by atoms with Crippen LogP contribution in [0.1, 0.15) is 0 Å². The Morgan fingerprint density at radius 1 is 1.23 bits per heavy atom. The normalized spacial score (nSPS) is 15.1. The van der Waals surface area contributed by atoms with Gasteiger partial charge in [0.2, 0.25) is 5.91 Å². The Hall–Kier alpha value is -2.21. The molecule has 0 bridgehead atoms. The Kier molecular flexibility index (Phi) is 4.20. The van der Waals surface area contributed by atoms with Gasteiger partial charge < -0.3 is 23.7 Å². The van der Waals surface area contributed by atoms with Gasteiger partial charge in [0, 0.05) is 36.8 Å². The smallest absolute Gasteiger partial charge is 0.242 e. The zero-order valence-electron chi connectivity index (χ0n) is 12.9. The predicted molar refractivity (Wildman–Crippen MR) is 82.4 cm³/mol. The zero-order valence-corrected chi connectivity index (χ0v) is 12.9. The summed E-state index contributed by atoms with van der Waals surface area (Å²) in [5, 5.41) is 0.970. The van der Waals surface area contributed by atoms with Gasteiger partial charge in [-0.3, -0.25) is 4.79 Å². The third-order valence-corrected chi connectivity index (χ3v) is 3.95. The van der Waals surface area contributed by atoms with E-state index in [0.717, 1.165) is 16.7 Å². The summed E-state index contributed by atoms with van der Waals surface area (Å²) in [6.07, 6.45) is 1.91. The van der Waals surface area contributed by atoms with Crippen LogP contribution in [0.3, 0.4) is 0 Å². The summed E-state index contributed by atoms with van der Waals surface area (Å²) in [6.45, 7) is 2.84. The number of methoxy groups -OCH3 is 2. The Balaban J connectivity index is 1.88. The summed E-state index contributed by atoms with van der Waals surface area (Å²) in [6, 6.07) is 5.72. The van der Waals surface area contributed by atoms with Crippen LogP contribution in [0, 0.1) is 0 Å². The molecule has 0 aliphatic carbocycles. The molecular weight excluding hydrogens is 284 g/mol. The topological polar surface area (TPSA) is 52.9 Å². The summed E-state index contributed by atoms with van der Waals surface area (Å²) in [5.74, 6) is 1.55. The summed E-state index contributed by atoms with van der Waals surface area (Å²) in [4.78, 5) is 14.2. The number of hydrogen-bond donors (Lipinski definition) is 0. The first-order chi connectivity index (χ1) is 10.7. The van der Waals surface area contributed by atoms with E-state index >= 15 is 0 Å². The quantitative estimate of drug-likeness (QED) is 0.859. The minimum absolute atomic E-state index is 0.0996. The van der Waals surface area contributed by atoms with E-state index in [2.05, 4.69) is 0 Å². The van der Waals surface area contributed by atoms with Crippen molar-refractivity contribution in [2.45, 2.75) is 6.54 Å². The third-order valence-electron chi connectivity index (χ3n) is 3.95. The van der Waals surface area contributed by atoms with Crippen molar-refractivity contribution >= 4 is 16.8 Å². The average Bonchev–Trinajstić information content (AvgIpc) is 2.97. The van der Waals surface area contributed by atoms with Gasteiger partial charge in [0.1, 0.15) is 18.0 Å². The molecule has 3 rings (SSSR count). The molecule has 0 unspecified atom stereocenters. The van der Waals surface area contributed by atoms with Crippen molar-refractivity contribution in [2.75, 3.05) is 40.5 Å². The monoisotopic (exact) mass is 304 g/mol. The molecule has 6 heteroatoms. The molecule has 1 saturated heterocycles. The largest absolute Gasteiger partial charge is 0.497 e. The predicted octanol–water partition coefficient (Wildman–Crippen LogP) is 1.52. The molecule has 1 aliphatic rings. The van der Waals surface area contributed by atoms with Crippen LogP contribution < -0.4 is 9.47 Å². The van der Waals surface area contributed by atoms with Crippen molar-refractivity contribution in [3.63, 3.8) is 0 Å². The molecule has 6 nitrogen and oxygen atoms in total. The number of rotatable bonds is 4. The number of ether oxygens (including phenoxy) is 3. The van der Waals surface area contributed by atoms with Crippen molar-refractivity contribution < 1.29 is 19.0 Å². The average molecular weight is 304 g/mol. The number of fused-ring (bicyclic) bond motifs is 1. The van der Waals surface area contributed by atoms with Gasteiger partial charge in [-0.1, -0.05) is 0 Å². The van der Waals surface area contributed by atoms with Crippen LogP contribution in [0.5, 0.6) is 11.5 Å². The van der Waals surface area contributed by atoms with Crippen molar-refractivity contribution in [3.05, 3.63) is 24.4 Å². The van der Waals surface area contributed by atoms with Crippen LogP contribution in [-0.4, -0.2) is 55.9 Å². The number of carbonyl (C=O) groups is 1. The summed E-state index contributed by atoms with van der Waals surface area (Å²) in [7, 11) is 3.25. The van der Waals surface area contributed by atoms with E-state index in [1.165, 1.54) is 0 Å². The van der Waals surface area contributed by atoms with E-state index in [0.29, 0.717) is 38.6 Å². The maximum absolute atomic E-state index is 12.4. The van der Waals surface area contributed by atoms with Gasteiger partial charge >= 0.3 is 0 Å². The highest BCUT2D eigenvalue weighted by atomic mass is 16.5. The van der Waals surface area contributed by atoms with Crippen LogP contribution in [-0.2, 0) is 16.1 Å². The first-order valence-corrected chi connectivity index (χ1v) is 7.29. The van der Waals surface area contributed by atoms with Gasteiger partial charge in [0.05, 0.1) is 33.0 Å². The molecule has 1 aromatic heterocycles. The summed E-state index contributed by atoms with van der Waals surface area (Å²) >= 11 is 0. The highest BCUT2D eigenvalue weighted by molar-refractivity contribution is 5.89. The number of morpholine rings is 1. The molecule has 1 amide bonds. The molecule has 0 radical (unpaired) electrons. The molecule has 1 aliphatic heterocycles. The molecule has 2 heterocycles. The molecule has 22 heavy (non-hydrogen) atoms. The second kappa shape index (κ2) is 6.27. The summed E-state index contributed by atoms with van der Waals surface area (Å²) < 4.78 is 17.9. The van der Waals surface area contributed by atoms with E-state index in [-0.39, 0.29) is 5.91 Å². The minimum Gasteiger partial charge on any atom is -0.497 e. The van der Waals surface area contributed by atoms with Crippen molar-refractivity contribution in [1.29, 1.82) is 0 Å². The Bertz CT molecular complexity index is 674. The second-order valence-corrected chi connectivity index (χ2v) is 5.20. The highest BCUT2D eigenvalue weighted by Crippen LogP contribution is 2.31. The van der Waals surface area contributed by atoms with E-state index < -0.39 is 0 Å². The first-order valence-electron chi connectivity index (χ1n) is 7.29. The maximum atomic E-state index is 12.4. The van der Waals surface area contributed by atoms with Crippen LogP contribution in [0.25, 0.3) is 10.9 Å². The fraction of sp³-hybridized carbons (Fsp3) is 0.438. The SMILES string of the molecule is COc1cc(OC)c2ccn(CC(=O)N3CCOCC3)c2c1. The van der Waals surface area contributed by atoms with Crippen molar-refractivity contribution in [3.8, 4) is 11.5 Å². The van der Waals surface area contributed by atoms with E-state index in [1.807, 2.05) is 33.9 Å². The lowest BCUT2D eigenvalue weighted by Crippen LogP contribution is -2.42. The van der Waals surface area contributed by atoms with Gasteiger partial charge in [-0.05, 0) is 6.07 Å². The van der Waals surface area contributed by atoms with Gasteiger partial charge in [0.25, 0.3) is 0 Å². The second-order valence-electron chi connectivity index (χ2n) is 5.20. The molecule has 1 aromatic carbocycles. The zero-order chi connectivity index (χ0) is 15.5. The molecule has 0 atom stereocenters. The van der Waals surface area contributed by atoms with Crippen LogP contribution in [0.15, 0.2) is 24.4 Å². The van der Waals surface area contributed by atoms with Crippen LogP contribution >= 0.6 is 0 Å². The third kappa shape index (κ3) is 2.74. The number of hydrogen-bond acceptors (Lipinski definition) is 4. The van der Waals surface area contributed by atoms with Crippen molar-refractivity contribution in [2.24, 2.45) is 0 Å². The number of aromatic nitrogens is 1. The van der Waals surface area contributed by atoms with Crippen LogP contribution in [0.2, 0.25) is 0 Å². The Labute approximate surface area is 129 Å². The fourth-order valence-electron chi connectivity index (χ4n) is 2.72. The standard InChI is InChI=1S/C16H20N2O4/c1-20-12-9-14-13(15(10-12)21-2)3-4-18(14)11-16(19)17-5-7-22-8-6-17/h3-4,9-10H,5-8,11H2,1-2H3. The number of carbonyl (C=O) groups excluding carboxylic acids is 1. The number of benzene rings is 1. The lowest BCUT2D eigenvalue weighted by atomic mass is 10.2. The minimum atomic E-state index is 0.0996. The molecule has 118 valence electrons. The first kappa shape index (κ1) is 14.7. The Morgan fingerprint density at radius 2 is 2.00 bits per heavy atom. The van der Waals surface area contributed by atoms with Gasteiger partial charge in [-0.25, -0.2) is 0 Å². The molecular formula is C16H20N2O4. The van der Waals surface area contributed by atoms with Gasteiger partial charge in [-0.15, -0.1) is 0 Å². The number of nitrogens with zero attached hydrogens (tertiary/aromatic N) is 2. The van der Waals surface area contributed by atoms with Crippen LogP contribution in [0.4, 0.5) is 0 Å². The van der Waals surface area contributed by atoms with E-state index in [4.69, 9.17) is 14.2 Å². The lowest BCUT2D eigenvalue weighted by Gasteiger charge is -2.27. The highest BCUT2D eigenvalue weighted by Gasteiger charge is 2.18. The molecule has 1 fully saturated rings. The number of amides is 1. The van der Waals surface area contributed by atoms with E-state index in [9.17, 15) is 4.79 Å². The molecule has 0 N–H and O–H groups in total. The molecule has 2 aromatic rings. The van der Waals surface area contributed by atoms with E-state index in [1.54, 1.807) is 14.2 Å². The fourth-order valence-corrected chi connectivity index (χ4v) is 2.72. The summed E-state index contributed by atoms with van der Waals surface area (Å²) in [5.41, 5.74) is 0.929. The van der Waals surface area contributed by atoms with Gasteiger partial charge in [-0.2, -0.15) is 0 Å². The maximum Gasteiger partial charge on any atom is 0.242 e. The Morgan fingerprint density at radius 3 is 2.68 bits per heavy atom. The molecule has 0 spiro atoms. The van der Waals surface area contributed by atoms with Gasteiger partial charge in [0.15, 0.2) is 0 Å². The molecule has 0 saturated carbocycles. The lowest BCUT2D eigenvalue weighted by molar-refractivity contribution is -0.135. The van der Waals surface area contributed by atoms with Crippen molar-refractivity contribution in [1.82, 2.24) is 9.47 Å².